The summed E-state index contributed by atoms with van der Waals surface area (Å²) in [6.45, 7) is 13.9. The van der Waals surface area contributed by atoms with E-state index in [1.807, 2.05) is 20.8 Å². The molecule has 3 saturated heterocycles. The number of carbonyl (C=O) groups excluding carboxylic acids is 3. The predicted molar refractivity (Wildman–Crippen MR) is 119 cm³/mol. The van der Waals surface area contributed by atoms with Crippen LogP contribution >= 0.6 is 0 Å². The van der Waals surface area contributed by atoms with Crippen molar-refractivity contribution >= 4 is 17.8 Å². The Balaban J connectivity index is 2.00. The van der Waals surface area contributed by atoms with E-state index in [1.54, 1.807) is 6.92 Å². The van der Waals surface area contributed by atoms with Gasteiger partial charge in [0.15, 0.2) is 0 Å². The average molecular weight is 453 g/mol. The minimum Gasteiger partial charge on any atom is -0.466 e. The molecule has 2 N–H and O–H groups in total. The highest BCUT2D eigenvalue weighted by atomic mass is 16.6. The molecule has 2 bridgehead atoms. The Labute approximate surface area is 191 Å². The second-order valence-electron chi connectivity index (χ2n) is 11.5. The topological polar surface area (TPSA) is 105 Å². The Morgan fingerprint density at radius 3 is 2.41 bits per heavy atom. The molecule has 0 aromatic heterocycles. The molecule has 0 aromatic rings. The summed E-state index contributed by atoms with van der Waals surface area (Å²) in [6, 6.07) is -0.890. The fraction of sp³-hybridized carbons (Fsp3) is 0.875. The van der Waals surface area contributed by atoms with Crippen LogP contribution in [0, 0.1) is 17.3 Å². The molecule has 5 atom stereocenters. The first kappa shape index (κ1) is 25.0. The number of nitrogens with zero attached hydrogens (tertiary/aromatic N) is 1. The van der Waals surface area contributed by atoms with E-state index < -0.39 is 40.6 Å². The van der Waals surface area contributed by atoms with Crippen LogP contribution in [-0.4, -0.2) is 70.3 Å². The molecular weight excluding hydrogens is 412 g/mol. The van der Waals surface area contributed by atoms with Crippen molar-refractivity contribution in [2.45, 2.75) is 96.9 Å². The van der Waals surface area contributed by atoms with Crippen LogP contribution in [0.4, 0.5) is 0 Å². The van der Waals surface area contributed by atoms with E-state index >= 15 is 0 Å². The molecule has 3 aliphatic heterocycles. The molecule has 0 aromatic carbocycles. The summed E-state index contributed by atoms with van der Waals surface area (Å²) in [4.78, 5) is 41.7. The van der Waals surface area contributed by atoms with Gasteiger partial charge in [0.1, 0.15) is 17.6 Å². The van der Waals surface area contributed by atoms with Gasteiger partial charge in [-0.25, -0.2) is 0 Å². The number of fused-ring (bicyclic) bond motifs is 1. The number of aliphatic hydroxyl groups is 1. The second kappa shape index (κ2) is 8.28. The third kappa shape index (κ3) is 3.94. The van der Waals surface area contributed by atoms with Gasteiger partial charge < -0.3 is 24.8 Å². The number of likely N-dealkylation sites (tertiary alicyclic amines) is 1. The molecule has 1 spiro atoms. The fourth-order valence-electron chi connectivity index (χ4n) is 6.73. The normalized spacial score (nSPS) is 34.1. The van der Waals surface area contributed by atoms with Crippen molar-refractivity contribution in [3.8, 4) is 0 Å². The molecule has 2 unspecified atom stereocenters. The number of carbonyl (C=O) groups is 3. The van der Waals surface area contributed by atoms with Gasteiger partial charge in [-0.3, -0.25) is 14.4 Å². The van der Waals surface area contributed by atoms with Crippen molar-refractivity contribution in [2.75, 3.05) is 19.8 Å². The molecule has 0 saturated carbocycles. The summed E-state index contributed by atoms with van der Waals surface area (Å²) in [5, 5.41) is 12.8. The molecule has 8 nitrogen and oxygen atoms in total. The number of β-amino-alcohol motifs (C(OH)–C–C–N with tert-alkyl or cyclic N) is 1. The Bertz CT molecular complexity index is 775. The molecule has 32 heavy (non-hydrogen) atoms. The van der Waals surface area contributed by atoms with Gasteiger partial charge in [-0.05, 0) is 51.9 Å². The van der Waals surface area contributed by atoms with Crippen LogP contribution in [0.2, 0.25) is 0 Å². The lowest BCUT2D eigenvalue weighted by molar-refractivity contribution is -0.160. The highest BCUT2D eigenvalue weighted by molar-refractivity contribution is 5.98. The monoisotopic (exact) mass is 452 g/mol. The van der Waals surface area contributed by atoms with E-state index in [2.05, 4.69) is 26.1 Å². The molecule has 3 rings (SSSR count). The largest absolute Gasteiger partial charge is 0.466 e. The molecule has 182 valence electrons. The van der Waals surface area contributed by atoms with Gasteiger partial charge >= 0.3 is 5.97 Å². The van der Waals surface area contributed by atoms with Crippen LogP contribution in [0.3, 0.4) is 0 Å². The summed E-state index contributed by atoms with van der Waals surface area (Å²) in [6.07, 6.45) is 2.42. The molecular formula is C24H40N2O6. The third-order valence-corrected chi connectivity index (χ3v) is 7.24. The second-order valence-corrected chi connectivity index (χ2v) is 11.5. The van der Waals surface area contributed by atoms with E-state index in [1.165, 1.54) is 4.90 Å². The lowest BCUT2D eigenvalue weighted by atomic mass is 9.65. The number of ether oxygens (including phenoxy) is 2. The van der Waals surface area contributed by atoms with Gasteiger partial charge in [0.05, 0.1) is 24.7 Å². The van der Waals surface area contributed by atoms with E-state index in [9.17, 15) is 19.5 Å². The third-order valence-electron chi connectivity index (χ3n) is 7.24. The number of amides is 2. The zero-order chi connectivity index (χ0) is 24.1. The van der Waals surface area contributed by atoms with Crippen molar-refractivity contribution in [1.29, 1.82) is 0 Å². The van der Waals surface area contributed by atoms with Crippen molar-refractivity contribution in [1.82, 2.24) is 10.2 Å². The lowest BCUT2D eigenvalue weighted by Gasteiger charge is -2.38. The van der Waals surface area contributed by atoms with Crippen molar-refractivity contribution in [2.24, 2.45) is 17.3 Å². The Kier molecular flexibility index (Phi) is 6.46. The van der Waals surface area contributed by atoms with Gasteiger partial charge in [0.25, 0.3) is 0 Å². The zero-order valence-electron chi connectivity index (χ0n) is 20.6. The Morgan fingerprint density at radius 1 is 1.22 bits per heavy atom. The Hall–Kier alpha value is -1.67. The quantitative estimate of drug-likeness (QED) is 0.546. The van der Waals surface area contributed by atoms with Crippen LogP contribution in [-0.2, 0) is 23.9 Å². The highest BCUT2D eigenvalue weighted by Crippen LogP contribution is 2.64. The predicted octanol–water partition coefficient (Wildman–Crippen LogP) is 2.03. The highest BCUT2D eigenvalue weighted by Gasteiger charge is 2.79. The van der Waals surface area contributed by atoms with Gasteiger partial charge in [-0.15, -0.1) is 0 Å². The Morgan fingerprint density at radius 2 is 1.88 bits per heavy atom. The van der Waals surface area contributed by atoms with E-state index in [-0.39, 0.29) is 37.0 Å². The maximum absolute atomic E-state index is 13.7. The summed E-state index contributed by atoms with van der Waals surface area (Å²) in [5.74, 6) is -2.55. The van der Waals surface area contributed by atoms with Crippen LogP contribution in [0.25, 0.3) is 0 Å². The lowest BCUT2D eigenvalue weighted by Crippen LogP contribution is -2.59. The van der Waals surface area contributed by atoms with Crippen molar-refractivity contribution in [3.63, 3.8) is 0 Å². The number of aliphatic hydroxyl groups excluding tert-OH is 1. The van der Waals surface area contributed by atoms with Crippen LogP contribution < -0.4 is 5.32 Å². The standard InChI is InChI=1S/C24H40N2O6/c1-8-23-10-11-24(32-23)15(16(23)20(30)31-9-2)19(29)26(12-13-27)17(24)18(28)25-22(6,7)14-21(3,4)5/h15-17,27H,8-14H2,1-7H3,(H,25,28)/t15-,16+,17?,23-,24?/m0/s1. The summed E-state index contributed by atoms with van der Waals surface area (Å²) in [5.41, 5.74) is -2.38. The number of hydrogen-bond acceptors (Lipinski definition) is 6. The molecule has 3 aliphatic rings. The summed E-state index contributed by atoms with van der Waals surface area (Å²) in [7, 11) is 0. The zero-order valence-corrected chi connectivity index (χ0v) is 20.6. The summed E-state index contributed by atoms with van der Waals surface area (Å²) < 4.78 is 11.9. The first-order valence-corrected chi connectivity index (χ1v) is 11.9. The van der Waals surface area contributed by atoms with E-state index in [0.29, 0.717) is 19.3 Å². The fourth-order valence-corrected chi connectivity index (χ4v) is 6.73. The number of hydrogen-bond donors (Lipinski definition) is 2. The van der Waals surface area contributed by atoms with Crippen LogP contribution in [0.5, 0.6) is 0 Å². The molecule has 0 radical (unpaired) electrons. The molecule has 8 heteroatoms. The van der Waals surface area contributed by atoms with Crippen LogP contribution in [0.1, 0.15) is 74.1 Å². The summed E-state index contributed by atoms with van der Waals surface area (Å²) >= 11 is 0. The van der Waals surface area contributed by atoms with E-state index in [0.717, 1.165) is 6.42 Å². The minimum absolute atomic E-state index is 0.00251. The number of esters is 1. The minimum atomic E-state index is -1.08. The number of nitrogens with one attached hydrogen (secondary N) is 1. The molecule has 0 aliphatic carbocycles. The molecule has 3 fully saturated rings. The smallest absolute Gasteiger partial charge is 0.312 e. The maximum Gasteiger partial charge on any atom is 0.312 e. The maximum atomic E-state index is 13.7. The van der Waals surface area contributed by atoms with Gasteiger partial charge in [0.2, 0.25) is 11.8 Å². The van der Waals surface area contributed by atoms with Gasteiger partial charge in [-0.2, -0.15) is 0 Å². The van der Waals surface area contributed by atoms with E-state index in [4.69, 9.17) is 9.47 Å². The van der Waals surface area contributed by atoms with Gasteiger partial charge in [-0.1, -0.05) is 27.7 Å². The van der Waals surface area contributed by atoms with Gasteiger partial charge in [0, 0.05) is 12.1 Å². The first-order valence-electron chi connectivity index (χ1n) is 11.9. The number of rotatable bonds is 8. The SMILES string of the molecule is CCOC(=O)[C@H]1[C@H]2C(=O)N(CCO)C(C(=O)NC(C)(C)CC(C)(C)C)C23CC[C@]1(CC)O3. The van der Waals surface area contributed by atoms with Crippen molar-refractivity contribution in [3.05, 3.63) is 0 Å². The van der Waals surface area contributed by atoms with Crippen molar-refractivity contribution < 1.29 is 29.0 Å². The molecule has 3 heterocycles. The van der Waals surface area contributed by atoms with Crippen LogP contribution in [0.15, 0.2) is 0 Å². The average Bonchev–Trinajstić information content (AvgIpc) is 3.24. The first-order chi connectivity index (χ1) is 14.8. The molecule has 2 amide bonds.